The Kier molecular flexibility index (Phi) is 4.35. The molecule has 1 aliphatic rings. The van der Waals surface area contributed by atoms with Crippen LogP contribution in [0.15, 0.2) is 17.5 Å². The van der Waals surface area contributed by atoms with E-state index in [2.05, 4.69) is 5.32 Å². The first-order valence-corrected chi connectivity index (χ1v) is 6.13. The smallest absolute Gasteiger partial charge is 0.240 e. The summed E-state index contributed by atoms with van der Waals surface area (Å²) in [5, 5.41) is 4.98. The zero-order valence-corrected chi connectivity index (χ0v) is 10.9. The van der Waals surface area contributed by atoms with Gasteiger partial charge in [-0.15, -0.1) is 23.7 Å². The van der Waals surface area contributed by atoms with Gasteiger partial charge in [-0.05, 0) is 37.6 Å². The third kappa shape index (κ3) is 2.56. The van der Waals surface area contributed by atoms with E-state index in [-0.39, 0.29) is 24.4 Å². The van der Waals surface area contributed by atoms with Crippen molar-refractivity contribution >= 4 is 29.7 Å². The highest BCUT2D eigenvalue weighted by Crippen LogP contribution is 2.30. The molecule has 90 valence electrons. The number of carbonyl (C=O) groups is 1. The number of carbonyl (C=O) groups excluding carboxylic acids is 1. The Balaban J connectivity index is 0.00000128. The third-order valence-corrected chi connectivity index (χ3v) is 4.07. The maximum Gasteiger partial charge on any atom is 0.240 e. The number of thiophene rings is 1. The number of halogens is 1. The molecule has 1 amide bonds. The fraction of sp³-hybridized carbons (Fsp3) is 0.545. The minimum atomic E-state index is -0.592. The largest absolute Gasteiger partial charge is 0.347 e. The van der Waals surface area contributed by atoms with Gasteiger partial charge in [-0.2, -0.15) is 0 Å². The molecule has 0 aliphatic heterocycles. The molecule has 1 heterocycles. The molecule has 3 nitrogen and oxygen atoms in total. The first-order valence-electron chi connectivity index (χ1n) is 5.25. The molecule has 2 rings (SSSR count). The van der Waals surface area contributed by atoms with Crippen LogP contribution in [0.4, 0.5) is 0 Å². The molecule has 16 heavy (non-hydrogen) atoms. The topological polar surface area (TPSA) is 55.1 Å². The van der Waals surface area contributed by atoms with Crippen molar-refractivity contribution in [2.75, 3.05) is 0 Å². The van der Waals surface area contributed by atoms with E-state index in [0.717, 1.165) is 19.3 Å². The minimum absolute atomic E-state index is 0. The lowest BCUT2D eigenvalue weighted by Gasteiger charge is -2.37. The van der Waals surface area contributed by atoms with Crippen molar-refractivity contribution in [3.05, 3.63) is 22.4 Å². The van der Waals surface area contributed by atoms with Crippen LogP contribution >= 0.6 is 23.7 Å². The second kappa shape index (κ2) is 5.17. The van der Waals surface area contributed by atoms with Crippen LogP contribution in [0.2, 0.25) is 0 Å². The lowest BCUT2D eigenvalue weighted by Crippen LogP contribution is -2.58. The van der Waals surface area contributed by atoms with Gasteiger partial charge in [0.1, 0.15) is 0 Å². The van der Waals surface area contributed by atoms with Gasteiger partial charge in [-0.1, -0.05) is 6.07 Å². The summed E-state index contributed by atoms with van der Waals surface area (Å²) in [7, 11) is 0. The molecular weight excluding hydrogens is 244 g/mol. The summed E-state index contributed by atoms with van der Waals surface area (Å²) in [4.78, 5) is 13.0. The van der Waals surface area contributed by atoms with Crippen LogP contribution in [0.5, 0.6) is 0 Å². The molecule has 1 aliphatic carbocycles. The second-order valence-electron chi connectivity index (χ2n) is 4.22. The summed E-state index contributed by atoms with van der Waals surface area (Å²) in [5.41, 5.74) is 5.35. The maximum atomic E-state index is 11.8. The highest BCUT2D eigenvalue weighted by atomic mass is 35.5. The first kappa shape index (κ1) is 13.5. The van der Waals surface area contributed by atoms with E-state index in [4.69, 9.17) is 5.73 Å². The molecule has 3 N–H and O–H groups in total. The average molecular weight is 261 g/mol. The molecule has 1 aromatic heterocycles. The molecule has 1 aromatic rings. The Morgan fingerprint density at radius 2 is 2.31 bits per heavy atom. The van der Waals surface area contributed by atoms with E-state index in [0.29, 0.717) is 0 Å². The Labute approximate surface area is 106 Å². The van der Waals surface area contributed by atoms with Gasteiger partial charge in [0.2, 0.25) is 5.91 Å². The highest BCUT2D eigenvalue weighted by Gasteiger charge is 2.40. The van der Waals surface area contributed by atoms with Gasteiger partial charge in [0.05, 0.1) is 11.6 Å². The van der Waals surface area contributed by atoms with Crippen LogP contribution in [0.1, 0.15) is 37.1 Å². The summed E-state index contributed by atoms with van der Waals surface area (Å²) in [5.74, 6) is -0.00495. The van der Waals surface area contributed by atoms with E-state index < -0.39 is 5.54 Å². The number of hydrogen-bond donors (Lipinski definition) is 2. The van der Waals surface area contributed by atoms with Gasteiger partial charge in [-0.3, -0.25) is 4.79 Å². The van der Waals surface area contributed by atoms with Crippen molar-refractivity contribution in [2.45, 2.75) is 37.8 Å². The zero-order valence-electron chi connectivity index (χ0n) is 9.23. The summed E-state index contributed by atoms with van der Waals surface area (Å²) in [6.07, 6.45) is 2.70. The standard InChI is InChI=1S/C11H16N2OS.ClH/c1-8(9-4-2-7-15-9)13-10(14)11(12)5-3-6-11;/h2,4,7-8H,3,5-6,12H2,1H3,(H,13,14);1H. The third-order valence-electron chi connectivity index (χ3n) is 3.02. The molecule has 0 spiro atoms. The average Bonchev–Trinajstić information content (AvgIpc) is 2.66. The maximum absolute atomic E-state index is 11.8. The summed E-state index contributed by atoms with van der Waals surface area (Å²) in [6.45, 7) is 1.99. The SMILES string of the molecule is CC(NC(=O)C1(N)CCC1)c1cccs1.Cl. The van der Waals surface area contributed by atoms with Gasteiger partial charge in [0, 0.05) is 4.88 Å². The number of hydrogen-bond acceptors (Lipinski definition) is 3. The van der Waals surface area contributed by atoms with Gasteiger partial charge in [0.15, 0.2) is 0 Å². The molecule has 0 radical (unpaired) electrons. The summed E-state index contributed by atoms with van der Waals surface area (Å²) in [6, 6.07) is 4.09. The fourth-order valence-corrected chi connectivity index (χ4v) is 2.47. The first-order chi connectivity index (χ1) is 7.12. The van der Waals surface area contributed by atoms with E-state index in [1.165, 1.54) is 4.88 Å². The van der Waals surface area contributed by atoms with Gasteiger partial charge in [0.25, 0.3) is 0 Å². The lowest BCUT2D eigenvalue weighted by molar-refractivity contribution is -0.129. The predicted octanol–water partition coefficient (Wildman–Crippen LogP) is 2.23. The fourth-order valence-electron chi connectivity index (χ4n) is 1.73. The molecule has 0 aromatic carbocycles. The quantitative estimate of drug-likeness (QED) is 0.876. The van der Waals surface area contributed by atoms with E-state index in [1.54, 1.807) is 11.3 Å². The zero-order chi connectivity index (χ0) is 10.9. The van der Waals surface area contributed by atoms with E-state index in [9.17, 15) is 4.79 Å². The van der Waals surface area contributed by atoms with Crippen LogP contribution in [-0.2, 0) is 4.79 Å². The van der Waals surface area contributed by atoms with Crippen LogP contribution < -0.4 is 11.1 Å². The highest BCUT2D eigenvalue weighted by molar-refractivity contribution is 7.10. The van der Waals surface area contributed by atoms with Crippen molar-refractivity contribution in [2.24, 2.45) is 5.73 Å². The van der Waals surface area contributed by atoms with Crippen molar-refractivity contribution in [3.63, 3.8) is 0 Å². The molecule has 1 atom stereocenters. The van der Waals surface area contributed by atoms with Crippen molar-refractivity contribution < 1.29 is 4.79 Å². The number of nitrogens with one attached hydrogen (secondary N) is 1. The molecule has 0 saturated heterocycles. The van der Waals surface area contributed by atoms with Gasteiger partial charge >= 0.3 is 0 Å². The minimum Gasteiger partial charge on any atom is -0.347 e. The van der Waals surface area contributed by atoms with Crippen LogP contribution in [0.3, 0.4) is 0 Å². The van der Waals surface area contributed by atoms with Crippen molar-refractivity contribution in [1.82, 2.24) is 5.32 Å². The number of nitrogens with two attached hydrogens (primary N) is 1. The normalized spacial score (nSPS) is 19.1. The van der Waals surface area contributed by atoms with Crippen molar-refractivity contribution in [3.8, 4) is 0 Å². The Morgan fingerprint density at radius 3 is 2.75 bits per heavy atom. The molecule has 1 unspecified atom stereocenters. The Bertz CT molecular complexity index is 349. The molecule has 0 bridgehead atoms. The predicted molar refractivity (Wildman–Crippen MR) is 68.9 cm³/mol. The molecule has 5 heteroatoms. The van der Waals surface area contributed by atoms with Crippen LogP contribution in [0.25, 0.3) is 0 Å². The summed E-state index contributed by atoms with van der Waals surface area (Å²) < 4.78 is 0. The van der Waals surface area contributed by atoms with Crippen LogP contribution in [-0.4, -0.2) is 11.4 Å². The van der Waals surface area contributed by atoms with E-state index >= 15 is 0 Å². The molecule has 1 fully saturated rings. The Hall–Kier alpha value is -0.580. The van der Waals surface area contributed by atoms with Crippen LogP contribution in [0, 0.1) is 0 Å². The number of rotatable bonds is 3. The molecular formula is C11H17ClN2OS. The van der Waals surface area contributed by atoms with Crippen molar-refractivity contribution in [1.29, 1.82) is 0 Å². The Morgan fingerprint density at radius 1 is 1.62 bits per heavy atom. The monoisotopic (exact) mass is 260 g/mol. The van der Waals surface area contributed by atoms with E-state index in [1.807, 2.05) is 24.4 Å². The number of amides is 1. The second-order valence-corrected chi connectivity index (χ2v) is 5.20. The lowest BCUT2D eigenvalue weighted by atomic mass is 9.77. The van der Waals surface area contributed by atoms with Gasteiger partial charge in [-0.25, -0.2) is 0 Å². The van der Waals surface area contributed by atoms with Gasteiger partial charge < -0.3 is 11.1 Å². The summed E-state index contributed by atoms with van der Waals surface area (Å²) >= 11 is 1.65. The molecule has 1 saturated carbocycles.